The third-order valence-electron chi connectivity index (χ3n) is 4.92. The number of hydrogen-bond donors (Lipinski definition) is 2. The van der Waals surface area contributed by atoms with Gasteiger partial charge in [-0.15, -0.1) is 0 Å². The Morgan fingerprint density at radius 2 is 1.93 bits per heavy atom. The van der Waals surface area contributed by atoms with E-state index >= 15 is 0 Å². The number of rotatable bonds is 6. The van der Waals surface area contributed by atoms with Crippen LogP contribution in [0.25, 0.3) is 6.08 Å². The number of aliphatic hydroxyl groups is 2. The highest BCUT2D eigenvalue weighted by Crippen LogP contribution is 2.40. The van der Waals surface area contributed by atoms with Gasteiger partial charge in [0.1, 0.15) is 28.8 Å². The van der Waals surface area contributed by atoms with Crippen LogP contribution in [0.1, 0.15) is 38.5 Å². The summed E-state index contributed by atoms with van der Waals surface area (Å²) in [7, 11) is 1.50. The van der Waals surface area contributed by atoms with Gasteiger partial charge in [-0.05, 0) is 33.3 Å². The summed E-state index contributed by atoms with van der Waals surface area (Å²) in [5.74, 6) is 0.868. The zero-order valence-corrected chi connectivity index (χ0v) is 16.4. The van der Waals surface area contributed by atoms with Gasteiger partial charge in [0.15, 0.2) is 0 Å². The molecule has 4 atom stereocenters. The molecule has 0 saturated carbocycles. The number of hydrogen-bond acceptors (Lipinski definition) is 6. The van der Waals surface area contributed by atoms with Crippen molar-refractivity contribution in [2.24, 2.45) is 0 Å². The van der Waals surface area contributed by atoms with Crippen LogP contribution >= 0.6 is 0 Å². The zero-order valence-electron chi connectivity index (χ0n) is 16.4. The van der Waals surface area contributed by atoms with E-state index in [0.29, 0.717) is 23.5 Å². The van der Waals surface area contributed by atoms with Crippen molar-refractivity contribution in [3.8, 4) is 5.75 Å². The predicted molar refractivity (Wildman–Crippen MR) is 104 cm³/mol. The molecule has 0 amide bonds. The second-order valence-corrected chi connectivity index (χ2v) is 7.06. The number of ether oxygens (including phenoxy) is 2. The lowest BCUT2D eigenvalue weighted by molar-refractivity contribution is -0.0638. The molecule has 0 aliphatic carbocycles. The SMILES string of the molecule is CC[C@@H]1O[C@@](C)(/C=C/C=C/C=C/c2cc(OC)c(C)c(=O)o2)[C@@H](O)[C@]1(C)O. The molecule has 6 heteroatoms. The molecule has 2 N–H and O–H groups in total. The van der Waals surface area contributed by atoms with Gasteiger partial charge in [0, 0.05) is 6.07 Å². The van der Waals surface area contributed by atoms with Crippen molar-refractivity contribution >= 4 is 6.08 Å². The second-order valence-electron chi connectivity index (χ2n) is 7.06. The summed E-state index contributed by atoms with van der Waals surface area (Å²) >= 11 is 0. The summed E-state index contributed by atoms with van der Waals surface area (Å²) < 4.78 is 16.2. The molecule has 0 aromatic carbocycles. The van der Waals surface area contributed by atoms with Crippen LogP contribution in [0.3, 0.4) is 0 Å². The first-order chi connectivity index (χ1) is 12.7. The molecule has 0 spiro atoms. The maximum absolute atomic E-state index is 11.7. The van der Waals surface area contributed by atoms with Gasteiger partial charge < -0.3 is 24.1 Å². The van der Waals surface area contributed by atoms with Crippen molar-refractivity contribution in [1.29, 1.82) is 0 Å². The minimum Gasteiger partial charge on any atom is -0.496 e. The molecule has 2 rings (SSSR count). The van der Waals surface area contributed by atoms with Crippen molar-refractivity contribution in [3.63, 3.8) is 0 Å². The van der Waals surface area contributed by atoms with E-state index in [1.54, 1.807) is 63.3 Å². The largest absolute Gasteiger partial charge is 0.496 e. The monoisotopic (exact) mass is 376 g/mol. The van der Waals surface area contributed by atoms with Crippen molar-refractivity contribution in [2.45, 2.75) is 57.5 Å². The smallest absolute Gasteiger partial charge is 0.342 e. The Kier molecular flexibility index (Phi) is 6.46. The fourth-order valence-electron chi connectivity index (χ4n) is 3.24. The highest BCUT2D eigenvalue weighted by molar-refractivity contribution is 5.48. The van der Waals surface area contributed by atoms with E-state index in [1.165, 1.54) is 7.11 Å². The number of methoxy groups -OCH3 is 1. The summed E-state index contributed by atoms with van der Waals surface area (Å²) in [5.41, 5.74) is -2.26. The Hall–Kier alpha value is -2.15. The van der Waals surface area contributed by atoms with Gasteiger partial charge in [-0.1, -0.05) is 37.3 Å². The third-order valence-corrected chi connectivity index (χ3v) is 4.92. The maximum Gasteiger partial charge on any atom is 0.342 e. The summed E-state index contributed by atoms with van der Waals surface area (Å²) in [5, 5.41) is 20.8. The number of aliphatic hydroxyl groups excluding tert-OH is 1. The Morgan fingerprint density at radius 3 is 2.52 bits per heavy atom. The lowest BCUT2D eigenvalue weighted by Crippen LogP contribution is -2.47. The molecule has 1 aromatic heterocycles. The van der Waals surface area contributed by atoms with Crippen LogP contribution in [0.15, 0.2) is 45.7 Å². The van der Waals surface area contributed by atoms with E-state index in [-0.39, 0.29) is 0 Å². The molecule has 1 fully saturated rings. The molecule has 6 nitrogen and oxygen atoms in total. The topological polar surface area (TPSA) is 89.1 Å². The lowest BCUT2D eigenvalue weighted by atomic mass is 9.86. The Bertz CT molecular complexity index is 801. The number of allylic oxidation sites excluding steroid dienone is 4. The average molecular weight is 376 g/mol. The first kappa shape index (κ1) is 21.2. The molecule has 1 saturated heterocycles. The van der Waals surface area contributed by atoms with E-state index in [2.05, 4.69) is 0 Å². The zero-order chi connectivity index (χ0) is 20.2. The predicted octanol–water partition coefficient (Wildman–Crippen LogP) is 2.76. The summed E-state index contributed by atoms with van der Waals surface area (Å²) in [6.07, 6.45) is 9.50. The van der Waals surface area contributed by atoms with Crippen LogP contribution in [0.4, 0.5) is 0 Å². The quantitative estimate of drug-likeness (QED) is 0.742. The molecule has 2 heterocycles. The van der Waals surface area contributed by atoms with Gasteiger partial charge in [0.2, 0.25) is 0 Å². The highest BCUT2D eigenvalue weighted by Gasteiger charge is 2.56. The van der Waals surface area contributed by atoms with Crippen molar-refractivity contribution < 1.29 is 24.1 Å². The molecule has 148 valence electrons. The minimum atomic E-state index is -1.29. The molecule has 1 aliphatic heterocycles. The van der Waals surface area contributed by atoms with Crippen LogP contribution in [0.5, 0.6) is 5.75 Å². The average Bonchev–Trinajstić information content (AvgIpc) is 2.81. The molecule has 0 bridgehead atoms. The Labute approximate surface area is 159 Å². The lowest BCUT2D eigenvalue weighted by Gasteiger charge is -2.28. The third kappa shape index (κ3) is 4.40. The normalized spacial score (nSPS) is 31.5. The van der Waals surface area contributed by atoms with E-state index in [1.807, 2.05) is 6.92 Å². The van der Waals surface area contributed by atoms with E-state index < -0.39 is 29.0 Å². The Morgan fingerprint density at radius 1 is 1.26 bits per heavy atom. The molecule has 0 unspecified atom stereocenters. The van der Waals surface area contributed by atoms with Crippen LogP contribution < -0.4 is 10.4 Å². The standard InChI is InChI=1S/C21H28O6/c1-6-17-21(4,24)19(23)20(3,27-17)12-10-8-7-9-11-15-13-16(25-5)14(2)18(22)26-15/h7-13,17,19,23-24H,6H2,1-5H3/b8-7+,11-9+,12-10+/t17-,19+,20-,21+/m0/s1. The van der Waals surface area contributed by atoms with E-state index in [4.69, 9.17) is 13.9 Å². The molecule has 27 heavy (non-hydrogen) atoms. The van der Waals surface area contributed by atoms with Gasteiger partial charge in [0.05, 0.1) is 18.8 Å². The van der Waals surface area contributed by atoms with E-state index in [0.717, 1.165) is 0 Å². The van der Waals surface area contributed by atoms with Gasteiger partial charge >= 0.3 is 5.63 Å². The molecule has 1 aliphatic rings. The van der Waals surface area contributed by atoms with Crippen LogP contribution in [0, 0.1) is 6.92 Å². The first-order valence-electron chi connectivity index (χ1n) is 8.95. The fourth-order valence-corrected chi connectivity index (χ4v) is 3.24. The van der Waals surface area contributed by atoms with Gasteiger partial charge in [-0.25, -0.2) is 4.79 Å². The van der Waals surface area contributed by atoms with Crippen molar-refractivity contribution in [2.75, 3.05) is 7.11 Å². The molecular formula is C21H28O6. The highest BCUT2D eigenvalue weighted by atomic mass is 16.6. The minimum absolute atomic E-state index is 0.388. The first-order valence-corrected chi connectivity index (χ1v) is 8.95. The molecular weight excluding hydrogens is 348 g/mol. The molecule has 1 aromatic rings. The fraction of sp³-hybridized carbons (Fsp3) is 0.476. The maximum atomic E-state index is 11.7. The van der Waals surface area contributed by atoms with Crippen molar-refractivity contribution in [3.05, 3.63) is 58.2 Å². The van der Waals surface area contributed by atoms with Crippen LogP contribution in [-0.2, 0) is 4.74 Å². The summed E-state index contributed by atoms with van der Waals surface area (Å²) in [6.45, 7) is 6.89. The molecule has 0 radical (unpaired) electrons. The second kappa shape index (κ2) is 8.25. The van der Waals surface area contributed by atoms with Gasteiger partial charge in [-0.3, -0.25) is 0 Å². The Balaban J connectivity index is 2.05. The summed E-state index contributed by atoms with van der Waals surface area (Å²) in [4.78, 5) is 11.7. The van der Waals surface area contributed by atoms with Crippen LogP contribution in [0.2, 0.25) is 0 Å². The van der Waals surface area contributed by atoms with Crippen LogP contribution in [-0.4, -0.2) is 40.7 Å². The van der Waals surface area contributed by atoms with E-state index in [9.17, 15) is 15.0 Å². The van der Waals surface area contributed by atoms with Gasteiger partial charge in [-0.2, -0.15) is 0 Å². The van der Waals surface area contributed by atoms with Crippen molar-refractivity contribution in [1.82, 2.24) is 0 Å². The summed E-state index contributed by atoms with van der Waals surface area (Å²) in [6, 6.07) is 1.65. The van der Waals surface area contributed by atoms with Gasteiger partial charge in [0.25, 0.3) is 0 Å².